The van der Waals surface area contributed by atoms with Gasteiger partial charge in [-0.2, -0.15) is 10.0 Å². The smallest absolute Gasteiger partial charge is 0.133 e. The molecule has 2 aromatic carbocycles. The lowest BCUT2D eigenvalue weighted by Gasteiger charge is -2.37. The van der Waals surface area contributed by atoms with E-state index in [2.05, 4.69) is 71.2 Å². The molecular formula is C18H22I2O2S. The van der Waals surface area contributed by atoms with Gasteiger partial charge in [0.1, 0.15) is 23.4 Å². The largest absolute Gasteiger partial charge is 0.483 e. The van der Waals surface area contributed by atoms with Gasteiger partial charge in [-0.05, 0) is 81.0 Å². The zero-order valence-corrected chi connectivity index (χ0v) is 18.6. The fourth-order valence-electron chi connectivity index (χ4n) is 2.07. The predicted octanol–water partition coefficient (Wildman–Crippen LogP) is 6.11. The van der Waals surface area contributed by atoms with Crippen LogP contribution in [0, 0.1) is 7.14 Å². The Morgan fingerprint density at radius 2 is 1.13 bits per heavy atom. The third-order valence-corrected chi connectivity index (χ3v) is 9.29. The van der Waals surface area contributed by atoms with Gasteiger partial charge in [0.05, 0.1) is 7.14 Å². The van der Waals surface area contributed by atoms with Crippen LogP contribution < -0.4 is 9.47 Å². The van der Waals surface area contributed by atoms with E-state index in [4.69, 9.17) is 9.47 Å². The molecule has 0 heterocycles. The van der Waals surface area contributed by atoms with E-state index in [1.807, 2.05) is 36.4 Å². The SMILES string of the molecule is CCS(CC)(COc1ccccc1I)COc1ccccc1I. The van der Waals surface area contributed by atoms with Crippen molar-refractivity contribution < 1.29 is 9.47 Å². The summed E-state index contributed by atoms with van der Waals surface area (Å²) < 4.78 is 14.6. The van der Waals surface area contributed by atoms with Crippen LogP contribution in [0.4, 0.5) is 0 Å². The first-order chi connectivity index (χ1) is 11.1. The average Bonchev–Trinajstić information content (AvgIpc) is 2.58. The second-order valence-corrected chi connectivity index (χ2v) is 11.6. The quantitative estimate of drug-likeness (QED) is 0.366. The van der Waals surface area contributed by atoms with E-state index in [9.17, 15) is 0 Å². The Hall–Kier alpha value is -0.150. The summed E-state index contributed by atoms with van der Waals surface area (Å²) in [5.41, 5.74) is 0. The minimum Gasteiger partial charge on any atom is -0.483 e. The van der Waals surface area contributed by atoms with Gasteiger partial charge < -0.3 is 9.47 Å². The first kappa shape index (κ1) is 19.2. The van der Waals surface area contributed by atoms with Crippen LogP contribution in [0.3, 0.4) is 0 Å². The highest BCUT2D eigenvalue weighted by Crippen LogP contribution is 2.47. The molecule has 0 radical (unpaired) electrons. The summed E-state index contributed by atoms with van der Waals surface area (Å²) in [6.45, 7) is 4.49. The number of benzene rings is 2. The maximum absolute atomic E-state index is 6.15. The molecule has 0 saturated carbocycles. The molecule has 0 fully saturated rings. The Morgan fingerprint density at radius 1 is 0.739 bits per heavy atom. The summed E-state index contributed by atoms with van der Waals surface area (Å²) in [4.78, 5) is 0. The first-order valence-electron chi connectivity index (χ1n) is 7.59. The van der Waals surface area contributed by atoms with Crippen LogP contribution in [0.25, 0.3) is 0 Å². The third-order valence-electron chi connectivity index (χ3n) is 3.83. The molecule has 126 valence electrons. The van der Waals surface area contributed by atoms with Crippen LogP contribution >= 0.6 is 55.2 Å². The summed E-state index contributed by atoms with van der Waals surface area (Å²) in [5, 5.41) is 0. The molecule has 0 saturated heterocycles. The van der Waals surface area contributed by atoms with E-state index in [1.165, 1.54) is 0 Å². The van der Waals surface area contributed by atoms with Crippen LogP contribution in [0.1, 0.15) is 13.8 Å². The highest BCUT2D eigenvalue weighted by Gasteiger charge is 2.23. The predicted molar refractivity (Wildman–Crippen MR) is 118 cm³/mol. The van der Waals surface area contributed by atoms with Gasteiger partial charge in [-0.3, -0.25) is 0 Å². The number of halogens is 2. The highest BCUT2D eigenvalue weighted by atomic mass is 127. The number of para-hydroxylation sites is 2. The lowest BCUT2D eigenvalue weighted by molar-refractivity contribution is 0.362. The van der Waals surface area contributed by atoms with Crippen molar-refractivity contribution >= 4 is 55.2 Å². The summed E-state index contributed by atoms with van der Waals surface area (Å²) in [6, 6.07) is 16.4. The molecule has 2 aromatic rings. The highest BCUT2D eigenvalue weighted by molar-refractivity contribution is 14.1. The average molecular weight is 556 g/mol. The third kappa shape index (κ3) is 5.42. The fourth-order valence-corrected chi connectivity index (χ4v) is 5.06. The van der Waals surface area contributed by atoms with Gasteiger partial charge in [0, 0.05) is 0 Å². The van der Waals surface area contributed by atoms with E-state index < -0.39 is 10.0 Å². The van der Waals surface area contributed by atoms with Crippen molar-refractivity contribution in [3.05, 3.63) is 55.7 Å². The molecule has 5 heteroatoms. The van der Waals surface area contributed by atoms with E-state index in [-0.39, 0.29) is 0 Å². The zero-order chi connectivity index (χ0) is 16.7. The van der Waals surface area contributed by atoms with Crippen molar-refractivity contribution in [3.8, 4) is 11.5 Å². The molecule has 0 aliphatic carbocycles. The zero-order valence-electron chi connectivity index (χ0n) is 13.4. The first-order valence-corrected chi connectivity index (χ1v) is 12.1. The van der Waals surface area contributed by atoms with Crippen molar-refractivity contribution in [1.29, 1.82) is 0 Å². The van der Waals surface area contributed by atoms with Crippen molar-refractivity contribution in [2.45, 2.75) is 13.8 Å². The summed E-state index contributed by atoms with van der Waals surface area (Å²) in [7, 11) is -0.953. The van der Waals surface area contributed by atoms with Gasteiger partial charge in [-0.1, -0.05) is 38.1 Å². The van der Waals surface area contributed by atoms with Crippen molar-refractivity contribution in [3.63, 3.8) is 0 Å². The fraction of sp³-hybridized carbons (Fsp3) is 0.333. The monoisotopic (exact) mass is 556 g/mol. The van der Waals surface area contributed by atoms with Gasteiger partial charge in [0.25, 0.3) is 0 Å². The van der Waals surface area contributed by atoms with Crippen molar-refractivity contribution in [2.75, 3.05) is 23.4 Å². The molecule has 23 heavy (non-hydrogen) atoms. The molecule has 0 N–H and O–H groups in total. The van der Waals surface area contributed by atoms with E-state index in [0.29, 0.717) is 0 Å². The maximum atomic E-state index is 6.15. The minimum absolute atomic E-state index is 0.753. The molecule has 0 aliphatic rings. The topological polar surface area (TPSA) is 18.5 Å². The Balaban J connectivity index is 2.04. The van der Waals surface area contributed by atoms with E-state index >= 15 is 0 Å². The Morgan fingerprint density at radius 3 is 1.48 bits per heavy atom. The molecule has 0 amide bonds. The van der Waals surface area contributed by atoms with Crippen LogP contribution in [0.5, 0.6) is 11.5 Å². The van der Waals surface area contributed by atoms with E-state index in [1.54, 1.807) is 0 Å². The van der Waals surface area contributed by atoms with Crippen LogP contribution in [-0.2, 0) is 0 Å². The summed E-state index contributed by atoms with van der Waals surface area (Å²) in [5.74, 6) is 5.67. The lowest BCUT2D eigenvalue weighted by atomic mass is 10.3. The standard InChI is InChI=1S/C18H22I2O2S/c1-3-23(4-2,13-21-17-11-7-5-9-15(17)19)14-22-18-12-8-6-10-16(18)20/h5-12H,3-4,13-14H2,1-2H3. The Bertz CT molecular complexity index is 578. The van der Waals surface area contributed by atoms with Gasteiger partial charge in [-0.15, -0.1) is 0 Å². The Kier molecular flexibility index (Phi) is 7.81. The molecule has 0 aromatic heterocycles. The molecule has 2 nitrogen and oxygen atoms in total. The lowest BCUT2D eigenvalue weighted by Crippen LogP contribution is -2.22. The second-order valence-electron chi connectivity index (χ2n) is 5.19. The maximum Gasteiger partial charge on any atom is 0.133 e. The minimum atomic E-state index is -0.953. The van der Waals surface area contributed by atoms with Gasteiger partial charge in [-0.25, -0.2) is 0 Å². The molecule has 2 rings (SSSR count). The molecular weight excluding hydrogens is 534 g/mol. The van der Waals surface area contributed by atoms with E-state index in [0.717, 1.165) is 42.0 Å². The number of ether oxygens (including phenoxy) is 2. The van der Waals surface area contributed by atoms with Gasteiger partial charge >= 0.3 is 0 Å². The van der Waals surface area contributed by atoms with Crippen molar-refractivity contribution in [1.82, 2.24) is 0 Å². The molecule has 0 atom stereocenters. The number of hydrogen-bond acceptors (Lipinski definition) is 2. The molecule has 0 unspecified atom stereocenters. The normalized spacial score (nSPS) is 12.0. The molecule has 0 aliphatic heterocycles. The Labute approximate surface area is 167 Å². The second kappa shape index (κ2) is 9.36. The van der Waals surface area contributed by atoms with Gasteiger partial charge in [0.15, 0.2) is 0 Å². The molecule has 0 bridgehead atoms. The van der Waals surface area contributed by atoms with Crippen LogP contribution in [0.15, 0.2) is 48.5 Å². The molecule has 0 spiro atoms. The number of rotatable bonds is 8. The van der Waals surface area contributed by atoms with Gasteiger partial charge in [0.2, 0.25) is 0 Å². The summed E-state index contributed by atoms with van der Waals surface area (Å²) >= 11 is 4.65. The van der Waals surface area contributed by atoms with Crippen molar-refractivity contribution in [2.24, 2.45) is 0 Å². The summed E-state index contributed by atoms with van der Waals surface area (Å²) in [6.07, 6.45) is 0. The number of hydrogen-bond donors (Lipinski definition) is 0. The van der Waals surface area contributed by atoms with Crippen LogP contribution in [0.2, 0.25) is 0 Å². The van der Waals surface area contributed by atoms with Crippen LogP contribution in [-0.4, -0.2) is 23.4 Å².